The van der Waals surface area contributed by atoms with E-state index in [4.69, 9.17) is 9.47 Å². The number of nitrogens with one attached hydrogen (secondary N) is 2. The van der Waals surface area contributed by atoms with Crippen LogP contribution < -0.4 is 10.6 Å². The Morgan fingerprint density at radius 3 is 3.08 bits per heavy atom. The summed E-state index contributed by atoms with van der Waals surface area (Å²) in [6.45, 7) is 6.50. The van der Waals surface area contributed by atoms with Gasteiger partial charge in [0.15, 0.2) is 5.96 Å². The maximum absolute atomic E-state index is 13.1. The number of hydrogen-bond donors (Lipinski definition) is 2. The second-order valence-corrected chi connectivity index (χ2v) is 5.78. The molecule has 1 aromatic rings. The molecule has 1 fully saturated rings. The predicted molar refractivity (Wildman–Crippen MR) is 93.9 cm³/mol. The maximum atomic E-state index is 13.1. The lowest BCUT2D eigenvalue weighted by atomic mass is 10.1. The summed E-state index contributed by atoms with van der Waals surface area (Å²) in [4.78, 5) is 4.54. The standard InChI is InChI=1S/C18H28FN3O2/c1-2-20-18(21-9-4-11-24-17-8-12-23-14-17)22-10-7-15-5-3-6-16(19)13-15/h3,5-6,13,17H,2,4,7-12,14H2,1H3,(H2,20,21,22). The lowest BCUT2D eigenvalue weighted by Gasteiger charge is -2.12. The van der Waals surface area contributed by atoms with E-state index in [1.54, 1.807) is 12.1 Å². The van der Waals surface area contributed by atoms with Crippen molar-refractivity contribution >= 4 is 5.96 Å². The SMILES string of the molecule is CCNC(=NCCCOC1CCOC1)NCCc1cccc(F)c1. The number of hydrogen-bond acceptors (Lipinski definition) is 3. The first-order valence-electron chi connectivity index (χ1n) is 8.74. The molecule has 1 saturated heterocycles. The van der Waals surface area contributed by atoms with E-state index < -0.39 is 0 Å². The van der Waals surface area contributed by atoms with Gasteiger partial charge in [0, 0.05) is 32.8 Å². The lowest BCUT2D eigenvalue weighted by molar-refractivity contribution is 0.0424. The molecule has 1 aromatic carbocycles. The Morgan fingerprint density at radius 2 is 2.33 bits per heavy atom. The minimum Gasteiger partial charge on any atom is -0.379 e. The van der Waals surface area contributed by atoms with Crippen LogP contribution in [-0.4, -0.2) is 51.5 Å². The van der Waals surface area contributed by atoms with Gasteiger partial charge in [-0.25, -0.2) is 4.39 Å². The second kappa shape index (κ2) is 11.0. The highest BCUT2D eigenvalue weighted by Gasteiger charge is 2.15. The molecule has 0 bridgehead atoms. The molecule has 0 aromatic heterocycles. The molecule has 0 amide bonds. The fourth-order valence-electron chi connectivity index (χ4n) is 2.51. The highest BCUT2D eigenvalue weighted by molar-refractivity contribution is 5.79. The monoisotopic (exact) mass is 337 g/mol. The van der Waals surface area contributed by atoms with Gasteiger partial charge in [0.2, 0.25) is 0 Å². The van der Waals surface area contributed by atoms with Gasteiger partial charge >= 0.3 is 0 Å². The summed E-state index contributed by atoms with van der Waals surface area (Å²) >= 11 is 0. The normalized spacial score (nSPS) is 17.9. The molecule has 1 heterocycles. The molecule has 0 spiro atoms. The Morgan fingerprint density at radius 1 is 1.42 bits per heavy atom. The Labute approximate surface area is 143 Å². The number of aliphatic imine (C=N–C) groups is 1. The Bertz CT molecular complexity index is 505. The third kappa shape index (κ3) is 7.27. The molecule has 1 aliphatic rings. The summed E-state index contributed by atoms with van der Waals surface area (Å²) in [6.07, 6.45) is 2.89. The molecular weight excluding hydrogens is 309 g/mol. The van der Waals surface area contributed by atoms with Gasteiger partial charge in [-0.2, -0.15) is 0 Å². The van der Waals surface area contributed by atoms with Gasteiger partial charge in [-0.15, -0.1) is 0 Å². The topological polar surface area (TPSA) is 54.9 Å². The van der Waals surface area contributed by atoms with Crippen LogP contribution in [0.4, 0.5) is 4.39 Å². The maximum Gasteiger partial charge on any atom is 0.191 e. The van der Waals surface area contributed by atoms with Crippen molar-refractivity contribution in [2.45, 2.75) is 32.3 Å². The number of rotatable bonds is 9. The first kappa shape index (κ1) is 18.7. The van der Waals surface area contributed by atoms with Crippen LogP contribution in [-0.2, 0) is 15.9 Å². The smallest absolute Gasteiger partial charge is 0.191 e. The van der Waals surface area contributed by atoms with Crippen molar-refractivity contribution in [3.63, 3.8) is 0 Å². The van der Waals surface area contributed by atoms with Crippen molar-refractivity contribution in [1.82, 2.24) is 10.6 Å². The molecule has 1 unspecified atom stereocenters. The van der Waals surface area contributed by atoms with Crippen molar-refractivity contribution < 1.29 is 13.9 Å². The van der Waals surface area contributed by atoms with Gasteiger partial charge in [-0.1, -0.05) is 12.1 Å². The third-order valence-corrected chi connectivity index (χ3v) is 3.75. The molecule has 5 nitrogen and oxygen atoms in total. The van der Waals surface area contributed by atoms with E-state index in [9.17, 15) is 4.39 Å². The summed E-state index contributed by atoms with van der Waals surface area (Å²) in [5, 5.41) is 6.49. The minimum absolute atomic E-state index is 0.194. The lowest BCUT2D eigenvalue weighted by Crippen LogP contribution is -2.38. The highest BCUT2D eigenvalue weighted by atomic mass is 19.1. The summed E-state index contributed by atoms with van der Waals surface area (Å²) in [6, 6.07) is 6.69. The van der Waals surface area contributed by atoms with Gasteiger partial charge in [0.1, 0.15) is 5.82 Å². The Hall–Kier alpha value is -1.66. The van der Waals surface area contributed by atoms with Crippen molar-refractivity contribution in [3.8, 4) is 0 Å². The molecule has 0 saturated carbocycles. The predicted octanol–water partition coefficient (Wildman–Crippen LogP) is 2.12. The number of guanidine groups is 1. The van der Waals surface area contributed by atoms with E-state index in [1.807, 2.05) is 13.0 Å². The average Bonchev–Trinajstić information content (AvgIpc) is 3.08. The van der Waals surface area contributed by atoms with Gasteiger partial charge in [0.05, 0.1) is 12.7 Å². The molecule has 24 heavy (non-hydrogen) atoms. The fraction of sp³-hybridized carbons (Fsp3) is 0.611. The van der Waals surface area contributed by atoms with Gasteiger partial charge in [-0.05, 0) is 43.9 Å². The highest BCUT2D eigenvalue weighted by Crippen LogP contribution is 2.08. The average molecular weight is 337 g/mol. The van der Waals surface area contributed by atoms with E-state index >= 15 is 0 Å². The molecule has 2 rings (SSSR count). The summed E-state index contributed by atoms with van der Waals surface area (Å²) in [7, 11) is 0. The van der Waals surface area contributed by atoms with Gasteiger partial charge in [0.25, 0.3) is 0 Å². The van der Waals surface area contributed by atoms with Gasteiger partial charge < -0.3 is 20.1 Å². The minimum atomic E-state index is -0.194. The third-order valence-electron chi connectivity index (χ3n) is 3.75. The number of halogens is 1. The van der Waals surface area contributed by atoms with Crippen LogP contribution in [0.25, 0.3) is 0 Å². The van der Waals surface area contributed by atoms with E-state index in [0.717, 1.165) is 43.9 Å². The van der Waals surface area contributed by atoms with Crippen LogP contribution in [0.5, 0.6) is 0 Å². The van der Waals surface area contributed by atoms with Crippen molar-refractivity contribution in [1.29, 1.82) is 0 Å². The van der Waals surface area contributed by atoms with E-state index in [0.29, 0.717) is 26.3 Å². The van der Waals surface area contributed by atoms with Crippen LogP contribution in [0.1, 0.15) is 25.3 Å². The summed E-state index contributed by atoms with van der Waals surface area (Å²) < 4.78 is 24.1. The van der Waals surface area contributed by atoms with Crippen molar-refractivity contribution in [2.24, 2.45) is 4.99 Å². The Balaban J connectivity index is 1.64. The van der Waals surface area contributed by atoms with E-state index in [2.05, 4.69) is 15.6 Å². The van der Waals surface area contributed by atoms with Crippen LogP contribution in [0.3, 0.4) is 0 Å². The quantitative estimate of drug-likeness (QED) is 0.412. The van der Waals surface area contributed by atoms with Crippen molar-refractivity contribution in [2.75, 3.05) is 39.5 Å². The second-order valence-electron chi connectivity index (χ2n) is 5.78. The zero-order valence-corrected chi connectivity index (χ0v) is 14.4. The number of nitrogens with zero attached hydrogens (tertiary/aromatic N) is 1. The summed E-state index contributed by atoms with van der Waals surface area (Å²) in [5.41, 5.74) is 0.977. The number of ether oxygens (including phenoxy) is 2. The van der Waals surface area contributed by atoms with Gasteiger partial charge in [-0.3, -0.25) is 4.99 Å². The summed E-state index contributed by atoms with van der Waals surface area (Å²) in [5.74, 6) is 0.596. The van der Waals surface area contributed by atoms with E-state index in [-0.39, 0.29) is 11.9 Å². The molecular formula is C18H28FN3O2. The molecule has 1 aliphatic heterocycles. The van der Waals surface area contributed by atoms with Crippen LogP contribution in [0, 0.1) is 5.82 Å². The number of benzene rings is 1. The molecule has 134 valence electrons. The zero-order valence-electron chi connectivity index (χ0n) is 14.4. The fourth-order valence-corrected chi connectivity index (χ4v) is 2.51. The molecule has 2 N–H and O–H groups in total. The molecule has 6 heteroatoms. The molecule has 0 radical (unpaired) electrons. The first-order chi connectivity index (χ1) is 11.8. The Kier molecular flexibility index (Phi) is 8.55. The molecule has 0 aliphatic carbocycles. The molecule has 1 atom stereocenters. The van der Waals surface area contributed by atoms with Crippen LogP contribution in [0.15, 0.2) is 29.3 Å². The van der Waals surface area contributed by atoms with E-state index in [1.165, 1.54) is 6.07 Å². The van der Waals surface area contributed by atoms with Crippen molar-refractivity contribution in [3.05, 3.63) is 35.6 Å². The largest absolute Gasteiger partial charge is 0.379 e. The van der Waals surface area contributed by atoms with Crippen LogP contribution >= 0.6 is 0 Å². The zero-order chi connectivity index (χ0) is 17.0. The first-order valence-corrected chi connectivity index (χ1v) is 8.74. The van der Waals surface area contributed by atoms with Crippen LogP contribution in [0.2, 0.25) is 0 Å².